The monoisotopic (exact) mass is 255 g/mol. The SMILES string of the molecule is CNC(C)(C)S(=O)(=O)c1ccc(C(C)C)cc1. The summed E-state index contributed by atoms with van der Waals surface area (Å²) in [6.45, 7) is 7.50. The molecule has 0 unspecified atom stereocenters. The topological polar surface area (TPSA) is 46.2 Å². The zero-order valence-corrected chi connectivity index (χ0v) is 11.9. The Bertz CT molecular complexity index is 473. The summed E-state index contributed by atoms with van der Waals surface area (Å²) in [6.07, 6.45) is 0. The van der Waals surface area contributed by atoms with Gasteiger partial charge in [0.1, 0.15) is 4.87 Å². The Morgan fingerprint density at radius 3 is 1.94 bits per heavy atom. The van der Waals surface area contributed by atoms with Gasteiger partial charge in [0.2, 0.25) is 0 Å². The van der Waals surface area contributed by atoms with Crippen molar-refractivity contribution in [2.45, 2.75) is 43.4 Å². The molecule has 0 aliphatic carbocycles. The number of hydrogen-bond donors (Lipinski definition) is 1. The second-order valence-corrected chi connectivity index (χ2v) is 7.49. The van der Waals surface area contributed by atoms with Crippen LogP contribution in [0.3, 0.4) is 0 Å². The van der Waals surface area contributed by atoms with Crippen molar-refractivity contribution in [2.24, 2.45) is 0 Å². The first-order valence-electron chi connectivity index (χ1n) is 5.76. The molecule has 0 fully saturated rings. The van der Waals surface area contributed by atoms with Crippen molar-refractivity contribution in [2.75, 3.05) is 7.05 Å². The van der Waals surface area contributed by atoms with Gasteiger partial charge in [-0.2, -0.15) is 0 Å². The molecule has 0 saturated heterocycles. The van der Waals surface area contributed by atoms with Crippen molar-refractivity contribution in [1.82, 2.24) is 5.32 Å². The van der Waals surface area contributed by atoms with Crippen LogP contribution in [0, 0.1) is 0 Å². The number of sulfone groups is 1. The van der Waals surface area contributed by atoms with E-state index in [1.807, 2.05) is 12.1 Å². The van der Waals surface area contributed by atoms with E-state index in [1.54, 1.807) is 33.0 Å². The third-order valence-corrected chi connectivity index (χ3v) is 5.57. The molecule has 0 heterocycles. The Balaban J connectivity index is 3.18. The van der Waals surface area contributed by atoms with Gasteiger partial charge in [0.05, 0.1) is 4.90 Å². The molecule has 0 saturated carbocycles. The van der Waals surface area contributed by atoms with Gasteiger partial charge in [-0.05, 0) is 44.5 Å². The summed E-state index contributed by atoms with van der Waals surface area (Å²) in [5.74, 6) is 0.407. The van der Waals surface area contributed by atoms with Crippen molar-refractivity contribution >= 4 is 9.84 Å². The van der Waals surface area contributed by atoms with Gasteiger partial charge in [-0.1, -0.05) is 26.0 Å². The molecule has 0 aromatic heterocycles. The fourth-order valence-corrected chi connectivity index (χ4v) is 2.81. The predicted molar refractivity (Wildman–Crippen MR) is 70.9 cm³/mol. The van der Waals surface area contributed by atoms with Crippen LogP contribution in [0.5, 0.6) is 0 Å². The Morgan fingerprint density at radius 2 is 1.59 bits per heavy atom. The summed E-state index contributed by atoms with van der Waals surface area (Å²) in [5, 5.41) is 2.83. The number of hydrogen-bond acceptors (Lipinski definition) is 3. The van der Waals surface area contributed by atoms with E-state index in [9.17, 15) is 8.42 Å². The summed E-state index contributed by atoms with van der Waals surface area (Å²) in [7, 11) is -1.69. The molecule has 0 aliphatic heterocycles. The highest BCUT2D eigenvalue weighted by Gasteiger charge is 2.33. The number of nitrogens with one attached hydrogen (secondary N) is 1. The maximum Gasteiger partial charge on any atom is 0.196 e. The van der Waals surface area contributed by atoms with Crippen LogP contribution in [-0.4, -0.2) is 20.3 Å². The van der Waals surface area contributed by atoms with Crippen LogP contribution in [0.15, 0.2) is 29.2 Å². The lowest BCUT2D eigenvalue weighted by Gasteiger charge is -2.24. The van der Waals surface area contributed by atoms with E-state index in [2.05, 4.69) is 19.2 Å². The predicted octanol–water partition coefficient (Wildman–Crippen LogP) is 2.54. The Morgan fingerprint density at radius 1 is 1.12 bits per heavy atom. The summed E-state index contributed by atoms with van der Waals surface area (Å²) in [6, 6.07) is 7.13. The van der Waals surface area contributed by atoms with E-state index in [-0.39, 0.29) is 0 Å². The van der Waals surface area contributed by atoms with Gasteiger partial charge in [-0.25, -0.2) is 8.42 Å². The molecule has 1 aromatic rings. The molecule has 17 heavy (non-hydrogen) atoms. The van der Waals surface area contributed by atoms with E-state index < -0.39 is 14.7 Å². The molecule has 3 nitrogen and oxygen atoms in total. The second-order valence-electron chi connectivity index (χ2n) is 4.99. The van der Waals surface area contributed by atoms with E-state index in [4.69, 9.17) is 0 Å². The van der Waals surface area contributed by atoms with Gasteiger partial charge in [-0.3, -0.25) is 0 Å². The molecule has 0 spiro atoms. The molecule has 0 aliphatic rings. The Hall–Kier alpha value is -0.870. The minimum absolute atomic E-state index is 0.362. The first kappa shape index (κ1) is 14.2. The van der Waals surface area contributed by atoms with Crippen molar-refractivity contribution < 1.29 is 8.42 Å². The highest BCUT2D eigenvalue weighted by Crippen LogP contribution is 2.24. The zero-order chi connectivity index (χ0) is 13.3. The Labute approximate surface area is 104 Å². The van der Waals surface area contributed by atoms with Gasteiger partial charge < -0.3 is 5.32 Å². The number of benzene rings is 1. The largest absolute Gasteiger partial charge is 0.302 e. The van der Waals surface area contributed by atoms with Crippen molar-refractivity contribution in [3.05, 3.63) is 29.8 Å². The van der Waals surface area contributed by atoms with E-state index in [0.29, 0.717) is 10.8 Å². The average molecular weight is 255 g/mol. The molecular formula is C13H21NO2S. The number of rotatable bonds is 4. The zero-order valence-electron chi connectivity index (χ0n) is 11.1. The smallest absolute Gasteiger partial charge is 0.196 e. The van der Waals surface area contributed by atoms with Crippen molar-refractivity contribution in [3.63, 3.8) is 0 Å². The van der Waals surface area contributed by atoms with Crippen LogP contribution in [0.2, 0.25) is 0 Å². The summed E-state index contributed by atoms with van der Waals surface area (Å²) in [5.41, 5.74) is 1.14. The van der Waals surface area contributed by atoms with Crippen LogP contribution >= 0.6 is 0 Å². The maximum absolute atomic E-state index is 12.3. The summed E-state index contributed by atoms with van der Waals surface area (Å²) in [4.78, 5) is -0.590. The Kier molecular flexibility index (Phi) is 3.99. The molecule has 96 valence electrons. The molecule has 1 aromatic carbocycles. The molecule has 1 rings (SSSR count). The average Bonchev–Trinajstić information content (AvgIpc) is 2.28. The molecule has 0 atom stereocenters. The minimum atomic E-state index is -3.34. The lowest BCUT2D eigenvalue weighted by molar-refractivity contribution is 0.510. The summed E-state index contributed by atoms with van der Waals surface area (Å²) < 4.78 is 24.6. The van der Waals surface area contributed by atoms with Crippen LogP contribution in [0.1, 0.15) is 39.2 Å². The first-order valence-corrected chi connectivity index (χ1v) is 7.24. The van der Waals surface area contributed by atoms with Gasteiger partial charge in [0.25, 0.3) is 0 Å². The van der Waals surface area contributed by atoms with Crippen molar-refractivity contribution in [3.8, 4) is 0 Å². The van der Waals surface area contributed by atoms with Crippen molar-refractivity contribution in [1.29, 1.82) is 0 Å². The van der Waals surface area contributed by atoms with Crippen LogP contribution in [-0.2, 0) is 9.84 Å². The van der Waals surface area contributed by atoms with Gasteiger partial charge in [-0.15, -0.1) is 0 Å². The van der Waals surface area contributed by atoms with Crippen LogP contribution in [0.25, 0.3) is 0 Å². The lowest BCUT2D eigenvalue weighted by Crippen LogP contribution is -2.44. The third kappa shape index (κ3) is 2.69. The molecule has 0 radical (unpaired) electrons. The standard InChI is InChI=1S/C13H21NO2S/c1-10(2)11-6-8-12(9-7-11)17(15,16)13(3,4)14-5/h6-10,14H,1-5H3. The highest BCUT2D eigenvalue weighted by molar-refractivity contribution is 7.92. The quantitative estimate of drug-likeness (QED) is 0.899. The molecular weight excluding hydrogens is 234 g/mol. The van der Waals surface area contributed by atoms with Gasteiger partial charge in [0, 0.05) is 0 Å². The normalized spacial score (nSPS) is 13.1. The van der Waals surface area contributed by atoms with Crippen LogP contribution < -0.4 is 5.32 Å². The molecule has 0 amide bonds. The first-order chi connectivity index (χ1) is 7.72. The van der Waals surface area contributed by atoms with Gasteiger partial charge in [0.15, 0.2) is 9.84 Å². The minimum Gasteiger partial charge on any atom is -0.302 e. The molecule has 1 N–H and O–H groups in total. The fourth-order valence-electron chi connectivity index (χ4n) is 1.46. The van der Waals surface area contributed by atoms with E-state index >= 15 is 0 Å². The maximum atomic E-state index is 12.3. The summed E-state index contributed by atoms with van der Waals surface area (Å²) >= 11 is 0. The fraction of sp³-hybridized carbons (Fsp3) is 0.538. The van der Waals surface area contributed by atoms with E-state index in [1.165, 1.54) is 0 Å². The second kappa shape index (κ2) is 4.78. The lowest BCUT2D eigenvalue weighted by atomic mass is 10.0. The molecule has 4 heteroatoms. The van der Waals surface area contributed by atoms with Crippen LogP contribution in [0.4, 0.5) is 0 Å². The molecule has 0 bridgehead atoms. The van der Waals surface area contributed by atoms with Gasteiger partial charge >= 0.3 is 0 Å². The highest BCUT2D eigenvalue weighted by atomic mass is 32.2. The third-order valence-electron chi connectivity index (χ3n) is 3.13. The van der Waals surface area contributed by atoms with E-state index in [0.717, 1.165) is 5.56 Å².